The Morgan fingerprint density at radius 3 is 2.92 bits per heavy atom. The van der Waals surface area contributed by atoms with Crippen molar-refractivity contribution in [1.82, 2.24) is 5.32 Å². The van der Waals surface area contributed by atoms with Crippen molar-refractivity contribution < 1.29 is 0 Å². The lowest BCUT2D eigenvalue weighted by molar-refractivity contribution is 0.657. The second-order valence-electron chi connectivity index (χ2n) is 4.10. The summed E-state index contributed by atoms with van der Waals surface area (Å²) in [5.74, 6) is 0.814. The summed E-state index contributed by atoms with van der Waals surface area (Å²) < 4.78 is 0. The van der Waals surface area contributed by atoms with Crippen molar-refractivity contribution in [2.24, 2.45) is 5.92 Å². The van der Waals surface area contributed by atoms with Crippen molar-refractivity contribution >= 4 is 0 Å². The number of hydrogen-bond donors (Lipinski definition) is 1. The quantitative estimate of drug-likeness (QED) is 0.624. The van der Waals surface area contributed by atoms with Crippen LogP contribution in [0.4, 0.5) is 0 Å². The minimum Gasteiger partial charge on any atom is -0.316 e. The Kier molecular flexibility index (Phi) is 4.37. The van der Waals surface area contributed by atoms with Crippen molar-refractivity contribution in [2.45, 2.75) is 39.5 Å². The first-order valence-corrected chi connectivity index (χ1v) is 5.17. The van der Waals surface area contributed by atoms with Gasteiger partial charge in [-0.3, -0.25) is 0 Å². The molecule has 1 heteroatoms. The Bertz CT molecular complexity index is 137. The van der Waals surface area contributed by atoms with E-state index in [9.17, 15) is 0 Å². The Hall–Kier alpha value is -0.300. The smallest absolute Gasteiger partial charge is 0.00116 e. The van der Waals surface area contributed by atoms with Crippen molar-refractivity contribution in [3.8, 4) is 0 Å². The van der Waals surface area contributed by atoms with Crippen molar-refractivity contribution in [3.63, 3.8) is 0 Å². The molecule has 0 aromatic heterocycles. The molecule has 1 nitrogen and oxygen atoms in total. The maximum atomic E-state index is 3.42. The van der Waals surface area contributed by atoms with E-state index >= 15 is 0 Å². The van der Waals surface area contributed by atoms with Gasteiger partial charge in [-0.25, -0.2) is 0 Å². The predicted molar refractivity (Wildman–Crippen MR) is 54.3 cm³/mol. The van der Waals surface area contributed by atoms with Crippen LogP contribution in [0.25, 0.3) is 0 Å². The Labute approximate surface area is 76.2 Å². The van der Waals surface area contributed by atoms with E-state index in [0.717, 1.165) is 5.92 Å². The molecular formula is C11H21N. The molecule has 0 aromatic carbocycles. The molecule has 70 valence electrons. The van der Waals surface area contributed by atoms with Gasteiger partial charge < -0.3 is 5.32 Å². The summed E-state index contributed by atoms with van der Waals surface area (Å²) >= 11 is 0. The molecular weight excluding hydrogens is 146 g/mol. The second-order valence-corrected chi connectivity index (χ2v) is 4.10. The number of nitrogens with one attached hydrogen (secondary N) is 1. The van der Waals surface area contributed by atoms with Gasteiger partial charge in [-0.05, 0) is 44.7 Å². The molecule has 1 aliphatic heterocycles. The Balaban J connectivity index is 2.32. The SMILES string of the molecule is CC(C)C/C=C1/CCCNCC1. The molecule has 0 atom stereocenters. The fourth-order valence-electron chi connectivity index (χ4n) is 1.55. The van der Waals surface area contributed by atoms with Gasteiger partial charge in [-0.1, -0.05) is 25.5 Å². The minimum atomic E-state index is 0.814. The van der Waals surface area contributed by atoms with Crippen molar-refractivity contribution in [1.29, 1.82) is 0 Å². The highest BCUT2D eigenvalue weighted by atomic mass is 14.8. The van der Waals surface area contributed by atoms with Gasteiger partial charge in [0.15, 0.2) is 0 Å². The molecule has 1 fully saturated rings. The molecule has 0 radical (unpaired) electrons. The van der Waals surface area contributed by atoms with Crippen LogP contribution >= 0.6 is 0 Å². The van der Waals surface area contributed by atoms with E-state index in [-0.39, 0.29) is 0 Å². The first-order chi connectivity index (χ1) is 5.79. The number of hydrogen-bond acceptors (Lipinski definition) is 1. The fraction of sp³-hybridized carbons (Fsp3) is 0.818. The summed E-state index contributed by atoms with van der Waals surface area (Å²) in [5, 5.41) is 3.42. The molecule has 0 aliphatic carbocycles. The maximum absolute atomic E-state index is 3.42. The van der Waals surface area contributed by atoms with Gasteiger partial charge in [0.2, 0.25) is 0 Å². The Morgan fingerprint density at radius 2 is 2.17 bits per heavy atom. The van der Waals surface area contributed by atoms with E-state index in [0.29, 0.717) is 0 Å². The summed E-state index contributed by atoms with van der Waals surface area (Å²) in [6.45, 7) is 6.96. The molecule has 1 aliphatic rings. The third kappa shape index (κ3) is 3.91. The summed E-state index contributed by atoms with van der Waals surface area (Å²) in [7, 11) is 0. The molecule has 0 bridgehead atoms. The second kappa shape index (κ2) is 5.36. The number of rotatable bonds is 2. The minimum absolute atomic E-state index is 0.814. The number of allylic oxidation sites excluding steroid dienone is 1. The summed E-state index contributed by atoms with van der Waals surface area (Å²) in [6, 6.07) is 0. The first kappa shape index (κ1) is 9.79. The molecule has 12 heavy (non-hydrogen) atoms. The maximum Gasteiger partial charge on any atom is -0.00116 e. The van der Waals surface area contributed by atoms with Crippen LogP contribution in [0.2, 0.25) is 0 Å². The van der Waals surface area contributed by atoms with E-state index in [4.69, 9.17) is 0 Å². The zero-order valence-electron chi connectivity index (χ0n) is 8.40. The lowest BCUT2D eigenvalue weighted by Gasteiger charge is -2.03. The summed E-state index contributed by atoms with van der Waals surface area (Å²) in [5.41, 5.74) is 1.67. The van der Waals surface area contributed by atoms with Crippen LogP contribution in [-0.2, 0) is 0 Å². The fourth-order valence-corrected chi connectivity index (χ4v) is 1.55. The normalized spacial score (nSPS) is 23.1. The first-order valence-electron chi connectivity index (χ1n) is 5.17. The molecule has 0 spiro atoms. The average molecular weight is 167 g/mol. The standard InChI is InChI=1S/C11H21N/c1-10(2)5-6-11-4-3-8-12-9-7-11/h6,10,12H,3-5,7-9H2,1-2H3/b11-6-. The molecule has 1 saturated heterocycles. The topological polar surface area (TPSA) is 12.0 Å². The molecule has 0 unspecified atom stereocenters. The molecule has 1 heterocycles. The predicted octanol–water partition coefficient (Wildman–Crippen LogP) is 2.73. The van der Waals surface area contributed by atoms with E-state index in [1.54, 1.807) is 5.57 Å². The Morgan fingerprint density at radius 1 is 1.33 bits per heavy atom. The van der Waals surface area contributed by atoms with Gasteiger partial charge in [0.1, 0.15) is 0 Å². The average Bonchev–Trinajstić information content (AvgIpc) is 2.28. The van der Waals surface area contributed by atoms with Crippen LogP contribution < -0.4 is 5.32 Å². The van der Waals surface area contributed by atoms with Crippen molar-refractivity contribution in [3.05, 3.63) is 11.6 Å². The summed E-state index contributed by atoms with van der Waals surface area (Å²) in [4.78, 5) is 0. The monoisotopic (exact) mass is 167 g/mol. The summed E-state index contributed by atoms with van der Waals surface area (Å²) in [6.07, 6.45) is 7.63. The molecule has 1 rings (SSSR count). The van der Waals surface area contributed by atoms with E-state index in [2.05, 4.69) is 25.2 Å². The van der Waals surface area contributed by atoms with Gasteiger partial charge in [0.25, 0.3) is 0 Å². The van der Waals surface area contributed by atoms with Crippen LogP contribution in [0.1, 0.15) is 39.5 Å². The third-order valence-electron chi connectivity index (χ3n) is 2.35. The lowest BCUT2D eigenvalue weighted by Crippen LogP contribution is -2.13. The highest BCUT2D eigenvalue weighted by molar-refractivity contribution is 5.04. The van der Waals surface area contributed by atoms with Crippen LogP contribution in [0.5, 0.6) is 0 Å². The van der Waals surface area contributed by atoms with Gasteiger partial charge in [-0.2, -0.15) is 0 Å². The van der Waals surface area contributed by atoms with Crippen LogP contribution in [0, 0.1) is 5.92 Å². The van der Waals surface area contributed by atoms with Gasteiger partial charge >= 0.3 is 0 Å². The van der Waals surface area contributed by atoms with Gasteiger partial charge in [-0.15, -0.1) is 0 Å². The third-order valence-corrected chi connectivity index (χ3v) is 2.35. The molecule has 0 amide bonds. The molecule has 0 aromatic rings. The van der Waals surface area contributed by atoms with E-state index in [1.165, 1.54) is 38.8 Å². The van der Waals surface area contributed by atoms with E-state index in [1.807, 2.05) is 0 Å². The molecule has 1 N–H and O–H groups in total. The van der Waals surface area contributed by atoms with Crippen LogP contribution in [0.15, 0.2) is 11.6 Å². The largest absolute Gasteiger partial charge is 0.316 e. The van der Waals surface area contributed by atoms with Gasteiger partial charge in [0.05, 0.1) is 0 Å². The van der Waals surface area contributed by atoms with E-state index < -0.39 is 0 Å². The molecule has 0 saturated carbocycles. The van der Waals surface area contributed by atoms with Crippen molar-refractivity contribution in [2.75, 3.05) is 13.1 Å². The lowest BCUT2D eigenvalue weighted by atomic mass is 10.0. The highest BCUT2D eigenvalue weighted by Gasteiger charge is 2.02. The van der Waals surface area contributed by atoms with Crippen LogP contribution in [0.3, 0.4) is 0 Å². The van der Waals surface area contributed by atoms with Crippen LogP contribution in [-0.4, -0.2) is 13.1 Å². The van der Waals surface area contributed by atoms with Gasteiger partial charge in [0, 0.05) is 0 Å². The zero-order chi connectivity index (χ0) is 8.81. The highest BCUT2D eigenvalue weighted by Crippen LogP contribution is 2.14. The zero-order valence-corrected chi connectivity index (χ0v) is 8.40.